The van der Waals surface area contributed by atoms with Crippen LogP contribution in [0.4, 0.5) is 0 Å². The fraction of sp³-hybridized carbons (Fsp3) is 0.611. The Bertz CT molecular complexity index is 549. The van der Waals surface area contributed by atoms with Gasteiger partial charge in [-0.25, -0.2) is 0 Å². The highest BCUT2D eigenvalue weighted by Crippen LogP contribution is 2.46. The largest absolute Gasteiger partial charge is 0.380 e. The molecule has 1 aromatic carbocycles. The van der Waals surface area contributed by atoms with Gasteiger partial charge in [-0.05, 0) is 25.0 Å². The molecule has 0 bridgehead atoms. The molecule has 0 unspecified atom stereocenters. The third-order valence-electron chi connectivity index (χ3n) is 5.21. The maximum Gasteiger partial charge on any atom is 0.194 e. The van der Waals surface area contributed by atoms with E-state index in [9.17, 15) is 0 Å². The van der Waals surface area contributed by atoms with Gasteiger partial charge in [-0.2, -0.15) is 0 Å². The number of aliphatic imine (C=N–C) groups is 1. The summed E-state index contributed by atoms with van der Waals surface area (Å²) in [6, 6.07) is 8.36. The Kier molecular flexibility index (Phi) is 4.81. The van der Waals surface area contributed by atoms with Crippen LogP contribution in [0.3, 0.4) is 0 Å². The summed E-state index contributed by atoms with van der Waals surface area (Å²) in [5.74, 6) is 0.969. The van der Waals surface area contributed by atoms with Crippen LogP contribution in [-0.4, -0.2) is 37.1 Å². The predicted molar refractivity (Wildman–Crippen MR) is 91.9 cm³/mol. The van der Waals surface area contributed by atoms with Crippen molar-refractivity contribution in [1.29, 1.82) is 0 Å². The third-order valence-corrected chi connectivity index (χ3v) is 5.21. The molecular formula is C18H29N3O. The fourth-order valence-electron chi connectivity index (χ4n) is 2.90. The van der Waals surface area contributed by atoms with Gasteiger partial charge in [0.2, 0.25) is 0 Å². The van der Waals surface area contributed by atoms with Crippen molar-refractivity contribution >= 4 is 5.96 Å². The van der Waals surface area contributed by atoms with Crippen LogP contribution in [-0.2, 0) is 17.9 Å². The van der Waals surface area contributed by atoms with E-state index in [1.807, 2.05) is 13.1 Å². The maximum absolute atomic E-state index is 5.27. The molecule has 2 rings (SSSR count). The first-order valence-electron chi connectivity index (χ1n) is 7.87. The van der Waals surface area contributed by atoms with Gasteiger partial charge in [0, 0.05) is 38.2 Å². The molecule has 0 amide bonds. The molecule has 1 heterocycles. The van der Waals surface area contributed by atoms with Crippen molar-refractivity contribution in [2.45, 2.75) is 46.4 Å². The van der Waals surface area contributed by atoms with Gasteiger partial charge in [-0.15, -0.1) is 0 Å². The van der Waals surface area contributed by atoms with Gasteiger partial charge in [0.25, 0.3) is 0 Å². The molecule has 122 valence electrons. The van der Waals surface area contributed by atoms with E-state index in [2.05, 4.69) is 61.1 Å². The first-order valence-corrected chi connectivity index (χ1v) is 7.87. The van der Waals surface area contributed by atoms with E-state index in [1.54, 1.807) is 7.11 Å². The minimum atomic E-state index is 0.112. The molecule has 0 spiro atoms. The average molecular weight is 303 g/mol. The summed E-state index contributed by atoms with van der Waals surface area (Å²) >= 11 is 0. The van der Waals surface area contributed by atoms with Crippen LogP contribution < -0.4 is 5.32 Å². The number of rotatable bonds is 4. The van der Waals surface area contributed by atoms with Gasteiger partial charge in [0.05, 0.1) is 6.61 Å². The summed E-state index contributed by atoms with van der Waals surface area (Å²) in [7, 11) is 3.58. The third kappa shape index (κ3) is 2.98. The summed E-state index contributed by atoms with van der Waals surface area (Å²) < 4.78 is 5.27. The van der Waals surface area contributed by atoms with Gasteiger partial charge in [0.15, 0.2) is 5.96 Å². The molecule has 22 heavy (non-hydrogen) atoms. The number of benzene rings is 1. The number of guanidine groups is 1. The minimum absolute atomic E-state index is 0.112. The lowest BCUT2D eigenvalue weighted by atomic mass is 9.65. The van der Waals surface area contributed by atoms with E-state index in [4.69, 9.17) is 4.74 Å². The second kappa shape index (κ2) is 6.29. The average Bonchev–Trinajstić information content (AvgIpc) is 2.48. The van der Waals surface area contributed by atoms with E-state index in [0.717, 1.165) is 19.0 Å². The zero-order chi connectivity index (χ0) is 16.4. The summed E-state index contributed by atoms with van der Waals surface area (Å²) in [4.78, 5) is 6.82. The number of nitrogens with zero attached hydrogens (tertiary/aromatic N) is 2. The van der Waals surface area contributed by atoms with Crippen molar-refractivity contribution in [3.63, 3.8) is 0 Å². The number of ether oxygens (including phenoxy) is 1. The van der Waals surface area contributed by atoms with Gasteiger partial charge < -0.3 is 15.0 Å². The number of hydrogen-bond donors (Lipinski definition) is 1. The SMILES string of the molecule is CN=C(NCc1ccccc1COC)N1CC(C)(C)C1(C)C. The number of nitrogens with one attached hydrogen (secondary N) is 1. The molecule has 1 aliphatic heterocycles. The van der Waals surface area contributed by atoms with Crippen molar-refractivity contribution in [2.24, 2.45) is 10.4 Å². The van der Waals surface area contributed by atoms with Crippen LogP contribution in [0.25, 0.3) is 0 Å². The first-order chi connectivity index (χ1) is 10.3. The highest BCUT2D eigenvalue weighted by molar-refractivity contribution is 5.82. The summed E-state index contributed by atoms with van der Waals surface area (Å²) in [5, 5.41) is 3.50. The topological polar surface area (TPSA) is 36.9 Å². The molecule has 4 nitrogen and oxygen atoms in total. The smallest absolute Gasteiger partial charge is 0.194 e. The zero-order valence-corrected chi connectivity index (χ0v) is 14.7. The summed E-state index contributed by atoms with van der Waals surface area (Å²) in [5.41, 5.74) is 2.89. The Labute approximate surface area is 134 Å². The molecule has 4 heteroatoms. The summed E-state index contributed by atoms with van der Waals surface area (Å²) in [6.07, 6.45) is 0. The van der Waals surface area contributed by atoms with Crippen LogP contribution in [0, 0.1) is 5.41 Å². The molecular weight excluding hydrogens is 274 g/mol. The molecule has 1 aromatic rings. The molecule has 1 aliphatic rings. The lowest BCUT2D eigenvalue weighted by Crippen LogP contribution is -2.72. The Balaban J connectivity index is 2.05. The molecule has 0 saturated carbocycles. The molecule has 1 N–H and O–H groups in total. The molecule has 1 saturated heterocycles. The van der Waals surface area contributed by atoms with Crippen LogP contribution in [0.5, 0.6) is 0 Å². The monoisotopic (exact) mass is 303 g/mol. The van der Waals surface area contributed by atoms with Crippen LogP contribution >= 0.6 is 0 Å². The first kappa shape index (κ1) is 16.8. The molecule has 0 radical (unpaired) electrons. The van der Waals surface area contributed by atoms with Gasteiger partial charge >= 0.3 is 0 Å². The van der Waals surface area contributed by atoms with Crippen LogP contribution in [0.15, 0.2) is 29.3 Å². The molecule has 0 atom stereocenters. The standard InChI is InChI=1S/C18H29N3O/c1-17(2)13-21(18(17,3)4)16(19-5)20-11-14-9-7-8-10-15(14)12-22-6/h7-10H,11-13H2,1-6H3,(H,19,20). The fourth-order valence-corrected chi connectivity index (χ4v) is 2.90. The van der Waals surface area contributed by atoms with Crippen LogP contribution in [0.1, 0.15) is 38.8 Å². The highest BCUT2D eigenvalue weighted by atomic mass is 16.5. The lowest BCUT2D eigenvalue weighted by Gasteiger charge is -2.62. The van der Waals surface area contributed by atoms with E-state index in [0.29, 0.717) is 12.0 Å². The number of likely N-dealkylation sites (tertiary alicyclic amines) is 1. The van der Waals surface area contributed by atoms with Gasteiger partial charge in [-0.3, -0.25) is 4.99 Å². The zero-order valence-electron chi connectivity index (χ0n) is 14.7. The van der Waals surface area contributed by atoms with E-state index < -0.39 is 0 Å². The van der Waals surface area contributed by atoms with Crippen molar-refractivity contribution < 1.29 is 4.74 Å². The summed E-state index contributed by atoms with van der Waals surface area (Å²) in [6.45, 7) is 11.6. The molecule has 1 fully saturated rings. The van der Waals surface area contributed by atoms with Crippen molar-refractivity contribution in [1.82, 2.24) is 10.2 Å². The van der Waals surface area contributed by atoms with Crippen LogP contribution in [0.2, 0.25) is 0 Å². The quantitative estimate of drug-likeness (QED) is 0.686. The van der Waals surface area contributed by atoms with Gasteiger partial charge in [-0.1, -0.05) is 38.1 Å². The second-order valence-electron chi connectivity index (χ2n) is 7.13. The second-order valence-corrected chi connectivity index (χ2v) is 7.13. The Morgan fingerprint density at radius 3 is 2.36 bits per heavy atom. The Hall–Kier alpha value is -1.55. The number of methoxy groups -OCH3 is 1. The van der Waals surface area contributed by atoms with E-state index in [-0.39, 0.29) is 5.54 Å². The van der Waals surface area contributed by atoms with Crippen molar-refractivity contribution in [3.8, 4) is 0 Å². The lowest BCUT2D eigenvalue weighted by molar-refractivity contribution is -0.0668. The highest BCUT2D eigenvalue weighted by Gasteiger charge is 2.53. The normalized spacial score (nSPS) is 19.7. The molecule has 0 aliphatic carbocycles. The van der Waals surface area contributed by atoms with Crippen molar-refractivity contribution in [2.75, 3.05) is 20.7 Å². The molecule has 0 aromatic heterocycles. The van der Waals surface area contributed by atoms with Gasteiger partial charge in [0.1, 0.15) is 0 Å². The Morgan fingerprint density at radius 1 is 1.23 bits per heavy atom. The van der Waals surface area contributed by atoms with Crippen molar-refractivity contribution in [3.05, 3.63) is 35.4 Å². The minimum Gasteiger partial charge on any atom is -0.380 e. The van der Waals surface area contributed by atoms with E-state index in [1.165, 1.54) is 11.1 Å². The maximum atomic E-state index is 5.27. The van der Waals surface area contributed by atoms with E-state index >= 15 is 0 Å². The predicted octanol–water partition coefficient (Wildman–Crippen LogP) is 3.03. The Morgan fingerprint density at radius 2 is 1.86 bits per heavy atom. The number of hydrogen-bond acceptors (Lipinski definition) is 2.